The summed E-state index contributed by atoms with van der Waals surface area (Å²) in [5.41, 5.74) is 4.96. The minimum atomic E-state index is -0.324. The smallest absolute Gasteiger partial charge is 0.259 e. The van der Waals surface area contributed by atoms with Crippen molar-refractivity contribution < 1.29 is 13.9 Å². The molecular weight excluding hydrogens is 449 g/mol. The number of aryl methyl sites for hydroxylation is 3. The van der Waals surface area contributed by atoms with E-state index in [1.807, 2.05) is 13.2 Å². The highest BCUT2D eigenvalue weighted by molar-refractivity contribution is 6.08. The summed E-state index contributed by atoms with van der Waals surface area (Å²) < 4.78 is 22.3. The van der Waals surface area contributed by atoms with Crippen LogP contribution in [0.3, 0.4) is 0 Å². The van der Waals surface area contributed by atoms with Gasteiger partial charge in [-0.3, -0.25) is 14.2 Å². The highest BCUT2D eigenvalue weighted by atomic mass is 19.1. The third kappa shape index (κ3) is 4.10. The number of nitrogens with zero attached hydrogens (tertiary/aromatic N) is 6. The molecule has 1 amide bonds. The number of nitrogens with one attached hydrogen (secondary N) is 1. The molecule has 5 rings (SSSR count). The van der Waals surface area contributed by atoms with Crippen molar-refractivity contribution in [2.75, 3.05) is 12.4 Å². The number of anilines is 1. The van der Waals surface area contributed by atoms with Crippen molar-refractivity contribution in [1.29, 1.82) is 0 Å². The van der Waals surface area contributed by atoms with Crippen molar-refractivity contribution in [3.63, 3.8) is 0 Å². The molecule has 0 spiro atoms. The van der Waals surface area contributed by atoms with Gasteiger partial charge in [-0.2, -0.15) is 10.2 Å². The fourth-order valence-corrected chi connectivity index (χ4v) is 4.06. The van der Waals surface area contributed by atoms with E-state index in [1.165, 1.54) is 25.6 Å². The van der Waals surface area contributed by atoms with E-state index in [-0.39, 0.29) is 11.7 Å². The summed E-state index contributed by atoms with van der Waals surface area (Å²) in [6.07, 6.45) is 4.98. The number of methoxy groups -OCH3 is 1. The first-order chi connectivity index (χ1) is 16.8. The number of carbonyl (C=O) groups excluding carboxylic acids is 1. The number of fused-ring (bicyclic) bond motifs is 1. The zero-order valence-electron chi connectivity index (χ0n) is 19.6. The SMILES string of the molecule is COc1cc2ncnc(-c3cn(C)nc3-c3ccc(F)cc3)c2cc1NC(=O)c1cn(C)nc1C. The zero-order chi connectivity index (χ0) is 24.7. The van der Waals surface area contributed by atoms with E-state index in [1.54, 1.807) is 53.8 Å². The lowest BCUT2D eigenvalue weighted by atomic mass is 10.0. The van der Waals surface area contributed by atoms with Crippen molar-refractivity contribution >= 4 is 22.5 Å². The van der Waals surface area contributed by atoms with Gasteiger partial charge in [-0.25, -0.2) is 14.4 Å². The Morgan fingerprint density at radius 3 is 2.43 bits per heavy atom. The molecule has 0 atom stereocenters. The maximum absolute atomic E-state index is 13.5. The number of aromatic nitrogens is 6. The Labute approximate surface area is 200 Å². The molecule has 3 heterocycles. The van der Waals surface area contributed by atoms with Crippen molar-refractivity contribution in [1.82, 2.24) is 29.5 Å². The Balaban J connectivity index is 1.64. The predicted octanol–water partition coefficient (Wildman–Crippen LogP) is 4.14. The van der Waals surface area contributed by atoms with Gasteiger partial charge in [0.15, 0.2) is 0 Å². The van der Waals surface area contributed by atoms with Crippen LogP contribution < -0.4 is 10.1 Å². The number of amides is 1. The summed E-state index contributed by atoms with van der Waals surface area (Å²) in [6.45, 7) is 1.78. The van der Waals surface area contributed by atoms with Gasteiger partial charge in [0.2, 0.25) is 0 Å². The highest BCUT2D eigenvalue weighted by Gasteiger charge is 2.20. The van der Waals surface area contributed by atoms with Crippen LogP contribution in [0.15, 0.2) is 55.1 Å². The Hall–Kier alpha value is -4.60. The van der Waals surface area contributed by atoms with Crippen molar-refractivity contribution in [3.05, 3.63) is 72.2 Å². The second-order valence-corrected chi connectivity index (χ2v) is 8.12. The molecule has 0 radical (unpaired) electrons. The van der Waals surface area contributed by atoms with E-state index in [0.717, 1.165) is 11.1 Å². The molecular formula is C25H22FN7O2. The Kier molecular flexibility index (Phi) is 5.48. The van der Waals surface area contributed by atoms with Crippen LogP contribution in [0.25, 0.3) is 33.4 Å². The van der Waals surface area contributed by atoms with Gasteiger partial charge in [0.1, 0.15) is 23.6 Å². The Morgan fingerprint density at radius 2 is 1.74 bits per heavy atom. The number of benzene rings is 2. The van der Waals surface area contributed by atoms with Gasteiger partial charge in [-0.05, 0) is 37.3 Å². The molecule has 5 aromatic rings. The van der Waals surface area contributed by atoms with Crippen molar-refractivity contribution in [2.45, 2.75) is 6.92 Å². The molecule has 0 fully saturated rings. The molecule has 3 aromatic heterocycles. The third-order valence-corrected chi connectivity index (χ3v) is 5.66. The molecule has 1 N–H and O–H groups in total. The maximum atomic E-state index is 13.5. The topological polar surface area (TPSA) is 99.8 Å². The standard InChI is InChI=1S/C25H22FN7O2/c1-14-18(11-32(2)30-14)25(34)29-21-9-17-20(10-22(21)35-4)27-13-28-24(17)19-12-33(3)31-23(19)15-5-7-16(26)8-6-15/h5-13H,1-4H3,(H,29,34). The summed E-state index contributed by atoms with van der Waals surface area (Å²) in [6, 6.07) is 9.68. The van der Waals surface area contributed by atoms with Gasteiger partial charge >= 0.3 is 0 Å². The van der Waals surface area contributed by atoms with Crippen LogP contribution in [-0.2, 0) is 14.1 Å². The molecule has 10 heteroatoms. The van der Waals surface area contributed by atoms with Gasteiger partial charge in [-0.15, -0.1) is 0 Å². The quantitative estimate of drug-likeness (QED) is 0.414. The van der Waals surface area contributed by atoms with E-state index in [2.05, 4.69) is 25.5 Å². The molecule has 0 saturated carbocycles. The minimum Gasteiger partial charge on any atom is -0.494 e. The lowest BCUT2D eigenvalue weighted by Crippen LogP contribution is -2.13. The zero-order valence-corrected chi connectivity index (χ0v) is 19.6. The molecule has 9 nitrogen and oxygen atoms in total. The molecule has 0 unspecified atom stereocenters. The fraction of sp³-hybridized carbons (Fsp3) is 0.160. The number of ether oxygens (including phenoxy) is 1. The number of rotatable bonds is 5. The van der Waals surface area contributed by atoms with E-state index in [9.17, 15) is 9.18 Å². The summed E-state index contributed by atoms with van der Waals surface area (Å²) >= 11 is 0. The largest absolute Gasteiger partial charge is 0.494 e. The van der Waals surface area contributed by atoms with Gasteiger partial charge < -0.3 is 10.1 Å². The second kappa shape index (κ2) is 8.64. The van der Waals surface area contributed by atoms with E-state index >= 15 is 0 Å². The average molecular weight is 471 g/mol. The van der Waals surface area contributed by atoms with Crippen molar-refractivity contribution in [3.8, 4) is 28.3 Å². The Bertz CT molecular complexity index is 1570. The van der Waals surface area contributed by atoms with Crippen LogP contribution in [0, 0.1) is 12.7 Å². The molecule has 0 aliphatic rings. The van der Waals surface area contributed by atoms with E-state index in [4.69, 9.17) is 4.74 Å². The molecule has 0 aliphatic heterocycles. The maximum Gasteiger partial charge on any atom is 0.259 e. The van der Waals surface area contributed by atoms with Crippen LogP contribution in [0.4, 0.5) is 10.1 Å². The molecule has 176 valence electrons. The van der Waals surface area contributed by atoms with E-state index in [0.29, 0.717) is 45.0 Å². The third-order valence-electron chi connectivity index (χ3n) is 5.66. The summed E-state index contributed by atoms with van der Waals surface area (Å²) in [5.74, 6) is -0.169. The second-order valence-electron chi connectivity index (χ2n) is 8.12. The molecule has 2 aromatic carbocycles. The van der Waals surface area contributed by atoms with Crippen LogP contribution in [-0.4, -0.2) is 42.5 Å². The first-order valence-electron chi connectivity index (χ1n) is 10.8. The van der Waals surface area contributed by atoms with Gasteiger partial charge in [0, 0.05) is 49.1 Å². The number of hydrogen-bond donors (Lipinski definition) is 1. The normalized spacial score (nSPS) is 11.1. The van der Waals surface area contributed by atoms with Gasteiger partial charge in [-0.1, -0.05) is 0 Å². The lowest BCUT2D eigenvalue weighted by molar-refractivity contribution is 0.102. The van der Waals surface area contributed by atoms with Crippen LogP contribution in [0.5, 0.6) is 5.75 Å². The first kappa shape index (κ1) is 22.2. The molecule has 0 aliphatic carbocycles. The molecule has 0 saturated heterocycles. The number of halogens is 1. The summed E-state index contributed by atoms with van der Waals surface area (Å²) in [7, 11) is 5.10. The number of carbonyl (C=O) groups is 1. The lowest BCUT2D eigenvalue weighted by Gasteiger charge is -2.13. The predicted molar refractivity (Wildman–Crippen MR) is 130 cm³/mol. The monoisotopic (exact) mass is 471 g/mol. The Morgan fingerprint density at radius 1 is 1.00 bits per heavy atom. The van der Waals surface area contributed by atoms with Crippen LogP contribution in [0.2, 0.25) is 0 Å². The van der Waals surface area contributed by atoms with E-state index < -0.39 is 0 Å². The van der Waals surface area contributed by atoms with Gasteiger partial charge in [0.25, 0.3) is 5.91 Å². The van der Waals surface area contributed by atoms with Crippen molar-refractivity contribution in [2.24, 2.45) is 14.1 Å². The van der Waals surface area contributed by atoms with Crippen LogP contribution in [0.1, 0.15) is 16.1 Å². The fourth-order valence-electron chi connectivity index (χ4n) is 4.06. The highest BCUT2D eigenvalue weighted by Crippen LogP contribution is 2.37. The summed E-state index contributed by atoms with van der Waals surface area (Å²) in [4.78, 5) is 21.9. The minimum absolute atomic E-state index is 0.306. The first-order valence-corrected chi connectivity index (χ1v) is 10.8. The number of hydrogen-bond acceptors (Lipinski definition) is 6. The molecule has 35 heavy (non-hydrogen) atoms. The molecule has 0 bridgehead atoms. The van der Waals surface area contributed by atoms with Gasteiger partial charge in [0.05, 0.1) is 35.3 Å². The van der Waals surface area contributed by atoms with Crippen LogP contribution >= 0.6 is 0 Å². The summed E-state index contributed by atoms with van der Waals surface area (Å²) in [5, 5.41) is 12.4. The average Bonchev–Trinajstić information content (AvgIpc) is 3.39.